The maximum absolute atomic E-state index is 13.0. The molecular weight excluding hydrogens is 532 g/mol. The van der Waals surface area contributed by atoms with Gasteiger partial charge in [-0.25, -0.2) is 0 Å². The molecule has 12 nitrogen and oxygen atoms in total. The van der Waals surface area contributed by atoms with Crippen molar-refractivity contribution in [3.63, 3.8) is 0 Å². The zero-order valence-electron chi connectivity index (χ0n) is 25.9. The predicted molar refractivity (Wildman–Crippen MR) is 155 cm³/mol. The molecule has 0 unspecified atom stereocenters. The summed E-state index contributed by atoms with van der Waals surface area (Å²) in [6.45, 7) is 17.8. The third-order valence-corrected chi connectivity index (χ3v) is 5.47. The van der Waals surface area contributed by atoms with Crippen LogP contribution in [0.25, 0.3) is 0 Å². The molecule has 0 aliphatic carbocycles. The Bertz CT molecular complexity index is 1090. The third kappa shape index (κ3) is 12.7. The van der Waals surface area contributed by atoms with Crippen molar-refractivity contribution in [2.75, 3.05) is 23.8 Å². The number of carbonyl (C=O) groups excluding carboxylic acids is 5. The normalized spacial score (nSPS) is 13.1. The Morgan fingerprint density at radius 3 is 1.93 bits per heavy atom. The number of nitrogens with one attached hydrogen (secondary N) is 4. The fourth-order valence-corrected chi connectivity index (χ4v) is 3.78. The predicted octanol–water partition coefficient (Wildman–Crippen LogP) is 3.00. The van der Waals surface area contributed by atoms with Crippen molar-refractivity contribution in [3.05, 3.63) is 23.8 Å². The maximum atomic E-state index is 13.0. The standard InChI is InChI=1S/C29H46N4O8/c1-11-39-27(40-12-2)22(16-23(35)41-29(8,9)10)33-24(36)17(3)30-25(37)26(38)32-21-15-19(31-18(4)34)13-14-20(21)28(5,6)7/h13-15,17,22,27H,11-12,16H2,1-10H3,(H,30,37)(H,31,34)(H,32,38)(H,33,36)/t17-,22-/m0/s1. The van der Waals surface area contributed by atoms with Gasteiger partial charge in [-0.2, -0.15) is 0 Å². The van der Waals surface area contributed by atoms with Crippen LogP contribution in [0.15, 0.2) is 18.2 Å². The Hall–Kier alpha value is -3.51. The highest BCUT2D eigenvalue weighted by atomic mass is 16.7. The van der Waals surface area contributed by atoms with Gasteiger partial charge in [0.15, 0.2) is 6.29 Å². The van der Waals surface area contributed by atoms with E-state index in [1.54, 1.807) is 52.8 Å². The van der Waals surface area contributed by atoms with Crippen molar-refractivity contribution in [2.45, 2.75) is 105 Å². The number of amides is 4. The van der Waals surface area contributed by atoms with E-state index >= 15 is 0 Å². The van der Waals surface area contributed by atoms with Gasteiger partial charge < -0.3 is 35.5 Å². The van der Waals surface area contributed by atoms with Crippen LogP contribution in [-0.4, -0.2) is 66.8 Å². The molecule has 0 aliphatic rings. The van der Waals surface area contributed by atoms with Gasteiger partial charge >= 0.3 is 17.8 Å². The zero-order valence-corrected chi connectivity index (χ0v) is 25.9. The van der Waals surface area contributed by atoms with Crippen molar-refractivity contribution in [1.82, 2.24) is 10.6 Å². The van der Waals surface area contributed by atoms with Crippen LogP contribution in [0.5, 0.6) is 0 Å². The summed E-state index contributed by atoms with van der Waals surface area (Å²) in [7, 11) is 0. The number of carbonyl (C=O) groups is 5. The van der Waals surface area contributed by atoms with Crippen LogP contribution in [0.3, 0.4) is 0 Å². The molecule has 0 saturated carbocycles. The van der Waals surface area contributed by atoms with Gasteiger partial charge in [0.2, 0.25) is 11.8 Å². The minimum Gasteiger partial charge on any atom is -0.460 e. The molecule has 0 heterocycles. The average molecular weight is 579 g/mol. The molecule has 0 radical (unpaired) electrons. The highest BCUT2D eigenvalue weighted by molar-refractivity contribution is 6.40. The van der Waals surface area contributed by atoms with E-state index < -0.39 is 47.7 Å². The monoisotopic (exact) mass is 578 g/mol. The second-order valence-electron chi connectivity index (χ2n) is 11.5. The minimum absolute atomic E-state index is 0.241. The Balaban J connectivity index is 3.03. The molecule has 12 heteroatoms. The van der Waals surface area contributed by atoms with Crippen LogP contribution in [0.2, 0.25) is 0 Å². The van der Waals surface area contributed by atoms with E-state index in [1.807, 2.05) is 20.8 Å². The summed E-state index contributed by atoms with van der Waals surface area (Å²) in [6.07, 6.45) is -1.19. The van der Waals surface area contributed by atoms with Gasteiger partial charge in [-0.1, -0.05) is 26.8 Å². The van der Waals surface area contributed by atoms with Crippen molar-refractivity contribution in [3.8, 4) is 0 Å². The maximum Gasteiger partial charge on any atom is 0.313 e. The quantitative estimate of drug-likeness (QED) is 0.167. The highest BCUT2D eigenvalue weighted by Gasteiger charge is 2.31. The number of anilines is 2. The van der Waals surface area contributed by atoms with Gasteiger partial charge in [0.05, 0.1) is 12.5 Å². The number of benzene rings is 1. The Morgan fingerprint density at radius 1 is 0.854 bits per heavy atom. The van der Waals surface area contributed by atoms with Gasteiger partial charge in [-0.05, 0) is 64.7 Å². The lowest BCUT2D eigenvalue weighted by Gasteiger charge is -2.29. The van der Waals surface area contributed by atoms with Crippen LogP contribution in [0.1, 0.15) is 81.2 Å². The topological polar surface area (TPSA) is 161 Å². The lowest BCUT2D eigenvalue weighted by atomic mass is 9.85. The molecule has 0 saturated heterocycles. The number of hydrogen-bond acceptors (Lipinski definition) is 8. The first-order chi connectivity index (χ1) is 18.9. The van der Waals surface area contributed by atoms with Crippen molar-refractivity contribution in [2.24, 2.45) is 0 Å². The minimum atomic E-state index is -1.15. The van der Waals surface area contributed by atoms with E-state index in [0.29, 0.717) is 11.4 Å². The van der Waals surface area contributed by atoms with Crippen LogP contribution >= 0.6 is 0 Å². The second kappa shape index (κ2) is 15.5. The van der Waals surface area contributed by atoms with Gasteiger partial charge in [-0.15, -0.1) is 0 Å². The number of ether oxygens (including phenoxy) is 3. The van der Waals surface area contributed by atoms with E-state index in [2.05, 4.69) is 21.3 Å². The summed E-state index contributed by atoms with van der Waals surface area (Å²) in [4.78, 5) is 62.6. The molecule has 2 atom stereocenters. The summed E-state index contributed by atoms with van der Waals surface area (Å²) < 4.78 is 16.6. The smallest absolute Gasteiger partial charge is 0.313 e. The van der Waals surface area contributed by atoms with E-state index in [-0.39, 0.29) is 31.0 Å². The molecule has 4 amide bonds. The summed E-state index contributed by atoms with van der Waals surface area (Å²) in [6, 6.07) is 2.96. The molecule has 0 aromatic heterocycles. The van der Waals surface area contributed by atoms with Crippen molar-refractivity contribution >= 4 is 41.0 Å². The largest absolute Gasteiger partial charge is 0.460 e. The van der Waals surface area contributed by atoms with Crippen molar-refractivity contribution < 1.29 is 38.2 Å². The molecular formula is C29H46N4O8. The first-order valence-corrected chi connectivity index (χ1v) is 13.7. The Labute approximate surface area is 242 Å². The fraction of sp³-hybridized carbons (Fsp3) is 0.621. The third-order valence-electron chi connectivity index (χ3n) is 5.47. The van der Waals surface area contributed by atoms with E-state index in [4.69, 9.17) is 14.2 Å². The summed E-state index contributed by atoms with van der Waals surface area (Å²) in [5.41, 5.74) is 0.405. The van der Waals surface area contributed by atoms with Gasteiger partial charge in [-0.3, -0.25) is 24.0 Å². The Morgan fingerprint density at radius 2 is 1.44 bits per heavy atom. The van der Waals surface area contributed by atoms with Crippen LogP contribution in [0, 0.1) is 0 Å². The summed E-state index contributed by atoms with van der Waals surface area (Å²) in [5, 5.41) is 10.3. The first kappa shape index (κ1) is 35.5. The number of esters is 1. The number of hydrogen-bond donors (Lipinski definition) is 4. The Kier molecular flexibility index (Phi) is 13.4. The lowest BCUT2D eigenvalue weighted by Crippen LogP contribution is -2.54. The second-order valence-corrected chi connectivity index (χ2v) is 11.5. The van der Waals surface area contributed by atoms with Crippen molar-refractivity contribution in [1.29, 1.82) is 0 Å². The lowest BCUT2D eigenvalue weighted by molar-refractivity contribution is -0.172. The molecule has 0 spiro atoms. The van der Waals surface area contributed by atoms with Crippen LogP contribution in [-0.2, 0) is 43.6 Å². The molecule has 1 rings (SSSR count). The van der Waals surface area contributed by atoms with Gasteiger partial charge in [0.1, 0.15) is 11.6 Å². The summed E-state index contributed by atoms with van der Waals surface area (Å²) >= 11 is 0. The average Bonchev–Trinajstić information content (AvgIpc) is 2.81. The van der Waals surface area contributed by atoms with E-state index in [9.17, 15) is 24.0 Å². The molecule has 1 aromatic rings. The SMILES string of the molecule is CCOC(OCC)[C@H](CC(=O)OC(C)(C)C)NC(=O)[C@H](C)NC(=O)C(=O)Nc1cc(NC(C)=O)ccc1C(C)(C)C. The van der Waals surface area contributed by atoms with E-state index in [1.165, 1.54) is 13.8 Å². The molecule has 0 aliphatic heterocycles. The first-order valence-electron chi connectivity index (χ1n) is 13.7. The molecule has 4 N–H and O–H groups in total. The zero-order chi connectivity index (χ0) is 31.5. The van der Waals surface area contributed by atoms with Crippen LogP contribution < -0.4 is 21.3 Å². The molecule has 41 heavy (non-hydrogen) atoms. The highest BCUT2D eigenvalue weighted by Crippen LogP contribution is 2.32. The molecule has 0 fully saturated rings. The van der Waals surface area contributed by atoms with Crippen LogP contribution in [0.4, 0.5) is 11.4 Å². The number of rotatable bonds is 12. The van der Waals surface area contributed by atoms with E-state index in [0.717, 1.165) is 5.56 Å². The van der Waals surface area contributed by atoms with Gasteiger partial charge in [0, 0.05) is 31.5 Å². The summed E-state index contributed by atoms with van der Waals surface area (Å²) in [5.74, 6) is -3.56. The van der Waals surface area contributed by atoms with Gasteiger partial charge in [0.25, 0.3) is 0 Å². The molecule has 230 valence electrons. The molecule has 0 bridgehead atoms. The molecule has 1 aromatic carbocycles. The fourth-order valence-electron chi connectivity index (χ4n) is 3.78.